The van der Waals surface area contributed by atoms with Crippen molar-refractivity contribution >= 4 is 22.9 Å². The van der Waals surface area contributed by atoms with Gasteiger partial charge in [-0.25, -0.2) is 4.98 Å². The normalized spacial score (nSPS) is 17.8. The van der Waals surface area contributed by atoms with Crippen LogP contribution >= 0.6 is 22.9 Å². The molecule has 0 spiro atoms. The number of nitrogens with zero attached hydrogens (tertiary/aromatic N) is 2. The maximum atomic E-state index is 6.12. The zero-order chi connectivity index (χ0) is 13.0. The number of rotatable bonds is 5. The van der Waals surface area contributed by atoms with Gasteiger partial charge in [-0.2, -0.15) is 0 Å². The second-order valence-electron chi connectivity index (χ2n) is 5.37. The van der Waals surface area contributed by atoms with Crippen LogP contribution in [-0.2, 0) is 6.54 Å². The summed E-state index contributed by atoms with van der Waals surface area (Å²) in [6.07, 6.45) is 2.48. The number of aromatic nitrogens is 1. The Morgan fingerprint density at radius 3 is 2.78 bits per heavy atom. The van der Waals surface area contributed by atoms with E-state index in [0.717, 1.165) is 26.2 Å². The predicted octanol–water partition coefficient (Wildman–Crippen LogP) is 3.01. The minimum Gasteiger partial charge on any atom is -0.317 e. The molecule has 1 saturated heterocycles. The first-order valence-corrected chi connectivity index (χ1v) is 7.95. The van der Waals surface area contributed by atoms with Crippen LogP contribution in [0.25, 0.3) is 0 Å². The minimum atomic E-state index is 0.683. The van der Waals surface area contributed by atoms with Crippen molar-refractivity contribution < 1.29 is 0 Å². The first-order valence-electron chi connectivity index (χ1n) is 6.69. The van der Waals surface area contributed by atoms with Gasteiger partial charge in [0, 0.05) is 19.1 Å². The molecule has 0 bridgehead atoms. The van der Waals surface area contributed by atoms with Gasteiger partial charge in [0.1, 0.15) is 5.15 Å². The lowest BCUT2D eigenvalue weighted by molar-refractivity contribution is 0.138. The molecule has 0 aromatic carbocycles. The maximum Gasteiger partial charge on any atom is 0.144 e. The molecule has 0 amide bonds. The van der Waals surface area contributed by atoms with Crippen molar-refractivity contribution in [1.29, 1.82) is 0 Å². The van der Waals surface area contributed by atoms with Crippen LogP contribution in [0.5, 0.6) is 0 Å². The highest BCUT2D eigenvalue weighted by atomic mass is 35.5. The molecule has 0 unspecified atom stereocenters. The van der Waals surface area contributed by atoms with Crippen molar-refractivity contribution in [2.75, 3.05) is 19.6 Å². The molecular formula is C13H22ClN3S. The van der Waals surface area contributed by atoms with Crippen LogP contribution in [0, 0.1) is 5.92 Å². The molecule has 0 aliphatic carbocycles. The van der Waals surface area contributed by atoms with Crippen molar-refractivity contribution in [3.05, 3.63) is 15.5 Å². The van der Waals surface area contributed by atoms with E-state index in [2.05, 4.69) is 29.0 Å². The van der Waals surface area contributed by atoms with Crippen LogP contribution in [0.4, 0.5) is 0 Å². The Kier molecular flexibility index (Phi) is 5.42. The number of thiazole rings is 1. The quantitative estimate of drug-likeness (QED) is 0.902. The van der Waals surface area contributed by atoms with Crippen LogP contribution in [0.3, 0.4) is 0 Å². The molecular weight excluding hydrogens is 266 g/mol. The molecule has 0 radical (unpaired) electrons. The Balaban J connectivity index is 2.02. The molecule has 0 saturated carbocycles. The summed E-state index contributed by atoms with van der Waals surface area (Å²) in [7, 11) is 0. The van der Waals surface area contributed by atoms with Gasteiger partial charge in [0.05, 0.1) is 10.4 Å². The summed E-state index contributed by atoms with van der Waals surface area (Å²) < 4.78 is 0. The second kappa shape index (κ2) is 6.85. The summed E-state index contributed by atoms with van der Waals surface area (Å²) in [5.74, 6) is 0.687. The fraction of sp³-hybridized carbons (Fsp3) is 0.769. The number of halogens is 1. The van der Waals surface area contributed by atoms with Crippen molar-refractivity contribution in [2.24, 2.45) is 5.92 Å². The minimum absolute atomic E-state index is 0.683. The second-order valence-corrected chi connectivity index (χ2v) is 6.67. The van der Waals surface area contributed by atoms with E-state index in [9.17, 15) is 0 Å². The van der Waals surface area contributed by atoms with E-state index in [1.54, 1.807) is 11.3 Å². The van der Waals surface area contributed by atoms with Crippen LogP contribution in [0.15, 0.2) is 5.51 Å². The molecule has 1 N–H and O–H groups in total. The van der Waals surface area contributed by atoms with E-state index in [1.165, 1.54) is 17.7 Å². The molecule has 1 aromatic heterocycles. The standard InChI is InChI=1S/C13H22ClN3S/c1-10(2)7-17(11-3-5-15-6-4-11)8-12-13(14)16-9-18-12/h9-11,15H,3-8H2,1-2H3. The van der Waals surface area contributed by atoms with Crippen molar-refractivity contribution in [3.63, 3.8) is 0 Å². The van der Waals surface area contributed by atoms with E-state index in [1.807, 2.05) is 5.51 Å². The van der Waals surface area contributed by atoms with E-state index >= 15 is 0 Å². The van der Waals surface area contributed by atoms with Crippen LogP contribution < -0.4 is 5.32 Å². The Hall–Kier alpha value is -0.160. The molecule has 0 atom stereocenters. The number of hydrogen-bond acceptors (Lipinski definition) is 4. The van der Waals surface area contributed by atoms with E-state index in [4.69, 9.17) is 11.6 Å². The summed E-state index contributed by atoms with van der Waals surface area (Å²) in [5.41, 5.74) is 1.84. The van der Waals surface area contributed by atoms with E-state index < -0.39 is 0 Å². The molecule has 2 rings (SSSR count). The lowest BCUT2D eigenvalue weighted by Gasteiger charge is -2.35. The summed E-state index contributed by atoms with van der Waals surface area (Å²) in [5, 5.41) is 4.11. The van der Waals surface area contributed by atoms with Gasteiger partial charge in [0.25, 0.3) is 0 Å². The van der Waals surface area contributed by atoms with Gasteiger partial charge < -0.3 is 5.32 Å². The third-order valence-corrected chi connectivity index (χ3v) is 4.62. The number of piperidine rings is 1. The van der Waals surface area contributed by atoms with Crippen LogP contribution in [-0.4, -0.2) is 35.6 Å². The van der Waals surface area contributed by atoms with Gasteiger partial charge in [-0.1, -0.05) is 25.4 Å². The predicted molar refractivity (Wildman–Crippen MR) is 78.3 cm³/mol. The average Bonchev–Trinajstić information content (AvgIpc) is 2.75. The Labute approximate surface area is 119 Å². The summed E-state index contributed by atoms with van der Waals surface area (Å²) in [6, 6.07) is 0.687. The summed E-state index contributed by atoms with van der Waals surface area (Å²) in [4.78, 5) is 7.93. The molecule has 2 heterocycles. The SMILES string of the molecule is CC(C)CN(Cc1scnc1Cl)C1CCNCC1. The van der Waals surface area contributed by atoms with Crippen LogP contribution in [0.2, 0.25) is 5.15 Å². The highest BCUT2D eigenvalue weighted by Gasteiger charge is 2.22. The van der Waals surface area contributed by atoms with Gasteiger partial charge in [-0.15, -0.1) is 11.3 Å². The maximum absolute atomic E-state index is 6.12. The lowest BCUT2D eigenvalue weighted by atomic mass is 10.0. The summed E-state index contributed by atoms with van der Waals surface area (Å²) in [6.45, 7) is 8.92. The third kappa shape index (κ3) is 3.92. The number of nitrogens with one attached hydrogen (secondary N) is 1. The van der Waals surface area contributed by atoms with Gasteiger partial charge in [0.2, 0.25) is 0 Å². The summed E-state index contributed by atoms with van der Waals surface area (Å²) >= 11 is 7.79. The zero-order valence-electron chi connectivity index (χ0n) is 11.2. The average molecular weight is 288 g/mol. The molecule has 1 aliphatic rings. The first-order chi connectivity index (χ1) is 8.66. The molecule has 1 aliphatic heterocycles. The largest absolute Gasteiger partial charge is 0.317 e. The molecule has 5 heteroatoms. The molecule has 1 fully saturated rings. The van der Waals surface area contributed by atoms with Gasteiger partial charge in [0.15, 0.2) is 0 Å². The highest BCUT2D eigenvalue weighted by molar-refractivity contribution is 7.10. The van der Waals surface area contributed by atoms with Gasteiger partial charge in [-0.05, 0) is 31.8 Å². The van der Waals surface area contributed by atoms with Gasteiger partial charge >= 0.3 is 0 Å². The van der Waals surface area contributed by atoms with Crippen molar-refractivity contribution in [2.45, 2.75) is 39.3 Å². The monoisotopic (exact) mass is 287 g/mol. The van der Waals surface area contributed by atoms with Crippen LogP contribution in [0.1, 0.15) is 31.6 Å². The topological polar surface area (TPSA) is 28.2 Å². The van der Waals surface area contributed by atoms with E-state index in [-0.39, 0.29) is 0 Å². The zero-order valence-corrected chi connectivity index (χ0v) is 12.7. The Bertz CT molecular complexity index is 361. The molecule has 1 aromatic rings. The fourth-order valence-electron chi connectivity index (χ4n) is 2.53. The van der Waals surface area contributed by atoms with Crippen molar-refractivity contribution in [3.8, 4) is 0 Å². The fourth-order valence-corrected chi connectivity index (χ4v) is 3.50. The molecule has 3 nitrogen and oxygen atoms in total. The third-order valence-electron chi connectivity index (χ3n) is 3.36. The highest BCUT2D eigenvalue weighted by Crippen LogP contribution is 2.24. The van der Waals surface area contributed by atoms with Crippen molar-refractivity contribution in [1.82, 2.24) is 15.2 Å². The molecule has 18 heavy (non-hydrogen) atoms. The Morgan fingerprint density at radius 2 is 2.22 bits per heavy atom. The Morgan fingerprint density at radius 1 is 1.50 bits per heavy atom. The van der Waals surface area contributed by atoms with E-state index in [0.29, 0.717) is 17.1 Å². The molecule has 102 valence electrons. The van der Waals surface area contributed by atoms with Gasteiger partial charge in [-0.3, -0.25) is 4.90 Å². The smallest absolute Gasteiger partial charge is 0.144 e. The number of hydrogen-bond donors (Lipinski definition) is 1. The first kappa shape index (κ1) is 14.3. The lowest BCUT2D eigenvalue weighted by Crippen LogP contribution is -2.44.